The Morgan fingerprint density at radius 2 is 2.35 bits per heavy atom. The predicted octanol–water partition coefficient (Wildman–Crippen LogP) is -0.259. The Labute approximate surface area is 118 Å². The highest BCUT2D eigenvalue weighted by atomic mass is 32.1. The van der Waals surface area contributed by atoms with Crippen molar-refractivity contribution in [2.24, 2.45) is 0 Å². The largest absolute Gasteiger partial charge is 0.379 e. The van der Waals surface area contributed by atoms with E-state index in [4.69, 9.17) is 4.74 Å². The maximum atomic E-state index is 11.9. The van der Waals surface area contributed by atoms with Gasteiger partial charge < -0.3 is 4.74 Å². The molecular formula is C10H13N7O2S. The van der Waals surface area contributed by atoms with Gasteiger partial charge in [-0.2, -0.15) is 5.21 Å². The number of tetrazole rings is 1. The lowest BCUT2D eigenvalue weighted by Gasteiger charge is -2.25. The minimum Gasteiger partial charge on any atom is -0.379 e. The Morgan fingerprint density at radius 3 is 3.10 bits per heavy atom. The molecule has 1 amide bonds. The molecule has 2 aromatic heterocycles. The van der Waals surface area contributed by atoms with E-state index in [1.807, 2.05) is 0 Å². The SMILES string of the molecule is O=C(Nc1nn[nH]n1)c1csc(CN2CCOCC2)n1. The Morgan fingerprint density at radius 1 is 1.50 bits per heavy atom. The van der Waals surface area contributed by atoms with E-state index < -0.39 is 0 Å². The summed E-state index contributed by atoms with van der Waals surface area (Å²) in [5.41, 5.74) is 0.364. The number of aromatic amines is 1. The number of hydrogen-bond acceptors (Lipinski definition) is 8. The van der Waals surface area contributed by atoms with Gasteiger partial charge in [-0.3, -0.25) is 15.0 Å². The van der Waals surface area contributed by atoms with Gasteiger partial charge in [0.25, 0.3) is 11.9 Å². The summed E-state index contributed by atoms with van der Waals surface area (Å²) in [5, 5.41) is 18.1. The quantitative estimate of drug-likeness (QED) is 0.799. The van der Waals surface area contributed by atoms with Gasteiger partial charge in [0.15, 0.2) is 0 Å². The molecule has 2 N–H and O–H groups in total. The molecule has 20 heavy (non-hydrogen) atoms. The standard InChI is InChI=1S/C10H13N7O2S/c18-9(12-10-13-15-16-14-10)7-6-20-8(11-7)5-17-1-3-19-4-2-17/h6H,1-5H2,(H2,12,13,14,15,16,18). The van der Waals surface area contributed by atoms with Crippen molar-refractivity contribution in [3.05, 3.63) is 16.1 Å². The number of anilines is 1. The first-order valence-corrected chi connectivity index (χ1v) is 6.98. The zero-order chi connectivity index (χ0) is 13.8. The molecule has 0 aromatic carbocycles. The van der Waals surface area contributed by atoms with Crippen LogP contribution in [-0.2, 0) is 11.3 Å². The maximum Gasteiger partial charge on any atom is 0.277 e. The Balaban J connectivity index is 1.59. The van der Waals surface area contributed by atoms with Crippen LogP contribution in [0.1, 0.15) is 15.5 Å². The van der Waals surface area contributed by atoms with E-state index in [9.17, 15) is 4.79 Å². The molecule has 0 unspecified atom stereocenters. The van der Waals surface area contributed by atoms with Gasteiger partial charge in [-0.15, -0.1) is 16.4 Å². The maximum absolute atomic E-state index is 11.9. The number of hydrogen-bond donors (Lipinski definition) is 2. The predicted molar refractivity (Wildman–Crippen MR) is 70.3 cm³/mol. The van der Waals surface area contributed by atoms with Crippen LogP contribution in [0.5, 0.6) is 0 Å². The highest BCUT2D eigenvalue weighted by Gasteiger charge is 2.16. The van der Waals surface area contributed by atoms with Gasteiger partial charge >= 0.3 is 0 Å². The summed E-state index contributed by atoms with van der Waals surface area (Å²) in [7, 11) is 0. The number of morpholine rings is 1. The van der Waals surface area contributed by atoms with Gasteiger partial charge in [-0.1, -0.05) is 5.10 Å². The third kappa shape index (κ3) is 3.15. The summed E-state index contributed by atoms with van der Waals surface area (Å²) in [4.78, 5) is 18.5. The molecule has 9 nitrogen and oxygen atoms in total. The lowest BCUT2D eigenvalue weighted by atomic mass is 10.4. The second-order valence-corrected chi connectivity index (χ2v) is 5.15. The Hall–Kier alpha value is -1.91. The molecule has 2 aromatic rings. The van der Waals surface area contributed by atoms with Crippen molar-refractivity contribution in [1.82, 2.24) is 30.5 Å². The highest BCUT2D eigenvalue weighted by molar-refractivity contribution is 7.09. The fourth-order valence-corrected chi connectivity index (χ4v) is 2.63. The van der Waals surface area contributed by atoms with Gasteiger partial charge in [0.05, 0.1) is 19.8 Å². The Kier molecular flexibility index (Phi) is 3.95. The Bertz CT molecular complexity index is 564. The van der Waals surface area contributed by atoms with E-state index in [0.29, 0.717) is 5.69 Å². The second-order valence-electron chi connectivity index (χ2n) is 4.20. The summed E-state index contributed by atoms with van der Waals surface area (Å²) >= 11 is 1.47. The molecular weight excluding hydrogens is 282 g/mol. The number of thiazole rings is 1. The zero-order valence-electron chi connectivity index (χ0n) is 10.6. The third-order valence-electron chi connectivity index (χ3n) is 2.82. The molecule has 1 saturated heterocycles. The fraction of sp³-hybridized carbons (Fsp3) is 0.500. The van der Waals surface area contributed by atoms with Crippen LogP contribution in [0.3, 0.4) is 0 Å². The van der Waals surface area contributed by atoms with E-state index >= 15 is 0 Å². The van der Waals surface area contributed by atoms with Crippen LogP contribution in [0.4, 0.5) is 5.95 Å². The number of nitrogens with zero attached hydrogens (tertiary/aromatic N) is 5. The number of carbonyl (C=O) groups is 1. The highest BCUT2D eigenvalue weighted by Crippen LogP contribution is 2.14. The summed E-state index contributed by atoms with van der Waals surface area (Å²) in [5.74, 6) is -0.200. The van der Waals surface area contributed by atoms with E-state index in [2.05, 4.69) is 35.8 Å². The number of rotatable bonds is 4. The van der Waals surface area contributed by atoms with E-state index in [1.165, 1.54) is 11.3 Å². The first kappa shape index (κ1) is 13.1. The molecule has 3 heterocycles. The monoisotopic (exact) mass is 295 g/mol. The van der Waals surface area contributed by atoms with E-state index in [0.717, 1.165) is 37.9 Å². The van der Waals surface area contributed by atoms with Crippen LogP contribution in [0.15, 0.2) is 5.38 Å². The second kappa shape index (κ2) is 6.03. The zero-order valence-corrected chi connectivity index (χ0v) is 11.4. The first-order valence-electron chi connectivity index (χ1n) is 6.10. The fourth-order valence-electron chi connectivity index (χ4n) is 1.82. The third-order valence-corrected chi connectivity index (χ3v) is 3.65. The van der Waals surface area contributed by atoms with Crippen molar-refractivity contribution in [2.75, 3.05) is 31.6 Å². The lowest BCUT2D eigenvalue weighted by molar-refractivity contribution is 0.0341. The molecule has 0 atom stereocenters. The summed E-state index contributed by atoms with van der Waals surface area (Å²) in [6.07, 6.45) is 0. The molecule has 0 saturated carbocycles. The van der Waals surface area contributed by atoms with E-state index in [1.54, 1.807) is 5.38 Å². The number of ether oxygens (including phenoxy) is 1. The molecule has 1 aliphatic rings. The number of aromatic nitrogens is 5. The van der Waals surface area contributed by atoms with Crippen LogP contribution in [0, 0.1) is 0 Å². The van der Waals surface area contributed by atoms with Crippen molar-refractivity contribution in [1.29, 1.82) is 0 Å². The van der Waals surface area contributed by atoms with Gasteiger partial charge in [-0.25, -0.2) is 4.98 Å². The van der Waals surface area contributed by atoms with Gasteiger partial charge in [0, 0.05) is 18.5 Å². The molecule has 0 bridgehead atoms. The van der Waals surface area contributed by atoms with Crippen LogP contribution in [-0.4, -0.2) is 62.7 Å². The van der Waals surface area contributed by atoms with Crippen LogP contribution >= 0.6 is 11.3 Å². The molecule has 10 heteroatoms. The summed E-state index contributed by atoms with van der Waals surface area (Å²) < 4.78 is 5.29. The average Bonchev–Trinajstić information content (AvgIpc) is 3.11. The molecule has 106 valence electrons. The van der Waals surface area contributed by atoms with Crippen molar-refractivity contribution in [3.8, 4) is 0 Å². The molecule has 0 radical (unpaired) electrons. The normalized spacial score (nSPS) is 16.2. The van der Waals surface area contributed by atoms with E-state index in [-0.39, 0.29) is 11.9 Å². The first-order chi connectivity index (χ1) is 9.81. The van der Waals surface area contributed by atoms with Crippen molar-refractivity contribution >= 4 is 23.2 Å². The minimum absolute atomic E-state index is 0.137. The molecule has 1 aliphatic heterocycles. The van der Waals surface area contributed by atoms with Crippen molar-refractivity contribution in [2.45, 2.75) is 6.54 Å². The minimum atomic E-state index is -0.337. The van der Waals surface area contributed by atoms with Gasteiger partial charge in [0.1, 0.15) is 10.7 Å². The number of carbonyl (C=O) groups excluding carboxylic acids is 1. The van der Waals surface area contributed by atoms with Crippen LogP contribution in [0.2, 0.25) is 0 Å². The van der Waals surface area contributed by atoms with Crippen molar-refractivity contribution in [3.63, 3.8) is 0 Å². The van der Waals surface area contributed by atoms with Gasteiger partial charge in [-0.05, 0) is 5.21 Å². The van der Waals surface area contributed by atoms with Crippen LogP contribution in [0.25, 0.3) is 0 Å². The van der Waals surface area contributed by atoms with Crippen LogP contribution < -0.4 is 5.32 Å². The number of H-pyrrole nitrogens is 1. The average molecular weight is 295 g/mol. The number of amides is 1. The van der Waals surface area contributed by atoms with Crippen molar-refractivity contribution < 1.29 is 9.53 Å². The number of nitrogens with one attached hydrogen (secondary N) is 2. The summed E-state index contributed by atoms with van der Waals surface area (Å²) in [6.45, 7) is 4.02. The molecule has 3 rings (SSSR count). The smallest absolute Gasteiger partial charge is 0.277 e. The molecule has 0 aliphatic carbocycles. The topological polar surface area (TPSA) is 109 Å². The molecule has 1 fully saturated rings. The summed E-state index contributed by atoms with van der Waals surface area (Å²) in [6, 6.07) is 0. The van der Waals surface area contributed by atoms with Gasteiger partial charge in [0.2, 0.25) is 0 Å². The molecule has 0 spiro atoms. The lowest BCUT2D eigenvalue weighted by Crippen LogP contribution is -2.35.